The van der Waals surface area contributed by atoms with Crippen LogP contribution >= 0.6 is 7.60 Å². The number of aliphatic hydroxyl groups is 7. The van der Waals surface area contributed by atoms with Crippen LogP contribution in [-0.4, -0.2) is 187 Å². The van der Waals surface area contributed by atoms with Crippen molar-refractivity contribution in [1.29, 1.82) is 0 Å². The summed E-state index contributed by atoms with van der Waals surface area (Å²) in [6, 6.07) is -1.04. The Balaban J connectivity index is 1.62. The van der Waals surface area contributed by atoms with Crippen molar-refractivity contribution >= 4 is 19.5 Å². The molecule has 0 aromatic heterocycles. The summed E-state index contributed by atoms with van der Waals surface area (Å²) in [6.45, 7) is 1.05. The number of aliphatic hydroxyl groups excluding tert-OH is 7. The minimum Gasteiger partial charge on any atom is -0.477 e. The lowest BCUT2D eigenvalue weighted by Gasteiger charge is -2.46. The first-order chi connectivity index (χ1) is 22.9. The van der Waals surface area contributed by atoms with E-state index in [2.05, 4.69) is 10.8 Å². The van der Waals surface area contributed by atoms with E-state index in [-0.39, 0.29) is 26.4 Å². The fourth-order valence-corrected chi connectivity index (χ4v) is 6.20. The van der Waals surface area contributed by atoms with Gasteiger partial charge in [0.15, 0.2) is 12.6 Å². The summed E-state index contributed by atoms with van der Waals surface area (Å²) in [5.74, 6) is -4.19. The highest BCUT2D eigenvalue weighted by atomic mass is 31.2. The average molecular weight is 739 g/mol. The molecule has 3 saturated heterocycles. The van der Waals surface area contributed by atoms with Crippen molar-refractivity contribution in [2.45, 2.75) is 112 Å². The zero-order valence-corrected chi connectivity index (χ0v) is 27.6. The second-order valence-electron chi connectivity index (χ2n) is 11.7. The zero-order valence-electron chi connectivity index (χ0n) is 26.7. The first-order valence-electron chi connectivity index (χ1n) is 15.4. The fraction of sp³-hybridized carbons (Fsp3) is 0.923. The van der Waals surface area contributed by atoms with Crippen LogP contribution in [0, 0.1) is 0 Å². The summed E-state index contributed by atoms with van der Waals surface area (Å²) < 4.78 is 44.5. The minimum atomic E-state index is -4.53. The maximum Gasteiger partial charge on any atom is 0.364 e. The van der Waals surface area contributed by atoms with Gasteiger partial charge in [-0.25, -0.2) is 4.79 Å². The molecule has 12 N–H and O–H groups in total. The van der Waals surface area contributed by atoms with Crippen molar-refractivity contribution < 1.29 is 98.1 Å². The lowest BCUT2D eigenvalue weighted by atomic mass is 9.92. The molecular weight excluding hydrogens is 691 g/mol. The van der Waals surface area contributed by atoms with Crippen LogP contribution in [0.4, 0.5) is 0 Å². The number of carboxylic acid groups (broad SMARTS) is 1. The highest BCUT2D eigenvalue weighted by Gasteiger charge is 2.54. The number of hydrogen-bond donors (Lipinski definition) is 12. The van der Waals surface area contributed by atoms with E-state index in [1.165, 1.54) is 13.8 Å². The van der Waals surface area contributed by atoms with Crippen LogP contribution in [0.3, 0.4) is 0 Å². The number of hydroxylamine groups is 1. The van der Waals surface area contributed by atoms with Crippen LogP contribution in [0.1, 0.15) is 26.7 Å². The Kier molecular flexibility index (Phi) is 15.7. The second kappa shape index (κ2) is 18.3. The number of carbonyl (C=O) groups excluding carboxylic acids is 1. The average Bonchev–Trinajstić information content (AvgIpc) is 3.02. The van der Waals surface area contributed by atoms with Gasteiger partial charge in [-0.1, -0.05) is 0 Å². The zero-order chi connectivity index (χ0) is 36.7. The van der Waals surface area contributed by atoms with E-state index < -0.39 is 131 Å². The Morgan fingerprint density at radius 1 is 0.918 bits per heavy atom. The van der Waals surface area contributed by atoms with Gasteiger partial charge in [-0.2, -0.15) is 5.48 Å². The normalized spacial score (nSPS) is 40.2. The minimum absolute atomic E-state index is 0.0554. The van der Waals surface area contributed by atoms with Gasteiger partial charge in [0.1, 0.15) is 42.7 Å². The molecule has 14 atom stereocenters. The van der Waals surface area contributed by atoms with E-state index in [1.807, 2.05) is 0 Å². The maximum atomic E-state index is 12.0. The SMILES string of the molecule is CCO[C@]1(C(=O)O)CC(O)[C@@H](NC(C)=O)C(CNOCCO[C@H]2OC(CO)[C@@H](O)C(O)C2O[C@H]2OC(CCP(=O)(O)O)C(O)C(O)C2O)O1. The van der Waals surface area contributed by atoms with Gasteiger partial charge in [0.2, 0.25) is 5.91 Å². The number of hydrogen-bond acceptors (Lipinski definition) is 18. The van der Waals surface area contributed by atoms with Crippen LogP contribution in [0.15, 0.2) is 0 Å². The van der Waals surface area contributed by atoms with Crippen molar-refractivity contribution in [2.75, 3.05) is 39.1 Å². The van der Waals surface area contributed by atoms with E-state index in [0.29, 0.717) is 0 Å². The van der Waals surface area contributed by atoms with Gasteiger partial charge in [-0.15, -0.1) is 0 Å². The first-order valence-corrected chi connectivity index (χ1v) is 17.2. The van der Waals surface area contributed by atoms with Crippen LogP contribution in [0.5, 0.6) is 0 Å². The molecule has 3 heterocycles. The van der Waals surface area contributed by atoms with Gasteiger partial charge in [0.05, 0.1) is 50.3 Å². The summed E-state index contributed by atoms with van der Waals surface area (Å²) in [5, 5.41) is 84.7. The van der Waals surface area contributed by atoms with Gasteiger partial charge in [-0.3, -0.25) is 14.2 Å². The molecule has 3 fully saturated rings. The summed E-state index contributed by atoms with van der Waals surface area (Å²) in [5.41, 5.74) is 2.51. The predicted molar refractivity (Wildman–Crippen MR) is 156 cm³/mol. The highest BCUT2D eigenvalue weighted by molar-refractivity contribution is 7.51. The molecule has 0 aromatic carbocycles. The van der Waals surface area contributed by atoms with Crippen LogP contribution in [0.2, 0.25) is 0 Å². The Morgan fingerprint density at radius 2 is 1.57 bits per heavy atom. The van der Waals surface area contributed by atoms with Crippen molar-refractivity contribution in [3.63, 3.8) is 0 Å². The smallest absolute Gasteiger partial charge is 0.364 e. The van der Waals surface area contributed by atoms with Gasteiger partial charge < -0.3 is 84.4 Å². The number of nitrogens with one attached hydrogen (secondary N) is 2. The largest absolute Gasteiger partial charge is 0.477 e. The molecule has 0 saturated carbocycles. The molecule has 22 nitrogen and oxygen atoms in total. The first kappa shape index (κ1) is 41.9. The Morgan fingerprint density at radius 3 is 2.16 bits per heavy atom. The molecule has 3 aliphatic heterocycles. The Bertz CT molecular complexity index is 1120. The molecule has 3 rings (SSSR count). The number of carbonyl (C=O) groups is 2. The highest BCUT2D eigenvalue weighted by Crippen LogP contribution is 2.38. The number of carboxylic acids is 1. The third-order valence-electron chi connectivity index (χ3n) is 8.05. The van der Waals surface area contributed by atoms with E-state index in [0.717, 1.165) is 0 Å². The fourth-order valence-electron chi connectivity index (χ4n) is 5.61. The summed E-state index contributed by atoms with van der Waals surface area (Å²) in [6.07, 6.45) is -21.1. The third-order valence-corrected chi connectivity index (χ3v) is 8.89. The third kappa shape index (κ3) is 11.0. The van der Waals surface area contributed by atoms with E-state index in [4.69, 9.17) is 33.3 Å². The number of amides is 1. The van der Waals surface area contributed by atoms with Crippen LogP contribution < -0.4 is 10.8 Å². The standard InChI is InChI=1S/C26H47N2O20P/c1-3-43-26(25(37)38)8-12(31)16(28-11(2)30)14(48-26)9-27-44-6-5-42-24-22(20(35)18(33)15(10-29)46-24)47-23-21(36)19(34)17(32)13(45-23)4-7-49(39,40)41/h12-24,27,29,31-36H,3-10H2,1-2H3,(H,28,30)(H,37,38)(H2,39,40,41)/t12?,13?,14?,15?,16-,17?,18-,19?,20?,21?,22?,23-,24+,26-/m1/s1. The lowest BCUT2D eigenvalue weighted by molar-refractivity contribution is -0.366. The predicted octanol–water partition coefficient (Wildman–Crippen LogP) is -5.80. The molecule has 0 aliphatic carbocycles. The molecule has 23 heteroatoms. The van der Waals surface area contributed by atoms with Gasteiger partial charge in [-0.05, 0) is 13.3 Å². The summed E-state index contributed by atoms with van der Waals surface area (Å²) in [7, 11) is -4.53. The quantitative estimate of drug-likeness (QED) is 0.0375. The number of rotatable bonds is 17. The molecule has 0 aromatic rings. The van der Waals surface area contributed by atoms with E-state index >= 15 is 0 Å². The molecule has 49 heavy (non-hydrogen) atoms. The molecule has 0 radical (unpaired) electrons. The number of ether oxygens (including phenoxy) is 6. The van der Waals surface area contributed by atoms with Crippen molar-refractivity contribution in [1.82, 2.24) is 10.8 Å². The van der Waals surface area contributed by atoms with Crippen molar-refractivity contribution in [3.8, 4) is 0 Å². The summed E-state index contributed by atoms with van der Waals surface area (Å²) in [4.78, 5) is 47.4. The molecule has 286 valence electrons. The monoisotopic (exact) mass is 738 g/mol. The lowest BCUT2D eigenvalue weighted by Crippen LogP contribution is -2.65. The molecule has 0 spiro atoms. The Hall–Kier alpha value is -1.51. The van der Waals surface area contributed by atoms with Crippen molar-refractivity contribution in [2.24, 2.45) is 0 Å². The van der Waals surface area contributed by atoms with Crippen LogP contribution in [0.25, 0.3) is 0 Å². The molecule has 0 bridgehead atoms. The van der Waals surface area contributed by atoms with E-state index in [1.54, 1.807) is 0 Å². The summed E-state index contributed by atoms with van der Waals surface area (Å²) >= 11 is 0. The molecule has 1 amide bonds. The molecular formula is C26H47N2O20P. The number of aliphatic carboxylic acids is 1. The van der Waals surface area contributed by atoms with Gasteiger partial charge >= 0.3 is 13.6 Å². The topological polar surface area (TPSA) is 342 Å². The molecule has 3 aliphatic rings. The Labute approximate surface area is 279 Å². The van der Waals surface area contributed by atoms with Crippen LogP contribution in [-0.2, 0) is 47.4 Å². The second-order valence-corrected chi connectivity index (χ2v) is 13.5. The maximum absolute atomic E-state index is 12.0. The van der Waals surface area contributed by atoms with Crippen molar-refractivity contribution in [3.05, 3.63) is 0 Å². The van der Waals surface area contributed by atoms with Gasteiger partial charge in [0, 0.05) is 26.5 Å². The molecule has 9 unspecified atom stereocenters. The van der Waals surface area contributed by atoms with E-state index in [9.17, 15) is 64.8 Å². The van der Waals surface area contributed by atoms with Gasteiger partial charge in [0.25, 0.3) is 5.79 Å².